The van der Waals surface area contributed by atoms with E-state index in [1.807, 2.05) is 12.1 Å². The highest BCUT2D eigenvalue weighted by Gasteiger charge is 2.31. The number of amides is 1. The lowest BCUT2D eigenvalue weighted by atomic mass is 10.1. The van der Waals surface area contributed by atoms with Crippen LogP contribution < -0.4 is 4.90 Å². The van der Waals surface area contributed by atoms with Crippen molar-refractivity contribution in [3.8, 4) is 23.6 Å². The van der Waals surface area contributed by atoms with Crippen LogP contribution in [0.3, 0.4) is 0 Å². The maximum absolute atomic E-state index is 11.9. The van der Waals surface area contributed by atoms with Crippen molar-refractivity contribution in [2.24, 2.45) is 5.92 Å². The van der Waals surface area contributed by atoms with Crippen LogP contribution in [0.15, 0.2) is 34.9 Å². The highest BCUT2D eigenvalue weighted by Crippen LogP contribution is 2.29. The molecule has 0 aliphatic carbocycles. The largest absolute Gasteiger partial charge is 0.338 e. The molecule has 1 amide bonds. The molecule has 100 valence electrons. The summed E-state index contributed by atoms with van der Waals surface area (Å²) in [6, 6.07) is 8.99. The molecular weight excluding hydrogens is 276 g/mol. The average Bonchev–Trinajstić information content (AvgIpc) is 3.06. The molecule has 1 aromatic heterocycles. The highest BCUT2D eigenvalue weighted by atomic mass is 35.5. The number of aromatic nitrogens is 1. The monoisotopic (exact) mass is 286 g/mol. The van der Waals surface area contributed by atoms with Gasteiger partial charge in [-0.3, -0.25) is 9.69 Å². The maximum Gasteiger partial charge on any atom is 0.234 e. The summed E-state index contributed by atoms with van der Waals surface area (Å²) in [4.78, 5) is 13.4. The Balaban J connectivity index is 1.86. The summed E-state index contributed by atoms with van der Waals surface area (Å²) >= 11 is 5.84. The van der Waals surface area contributed by atoms with Gasteiger partial charge in [0.15, 0.2) is 0 Å². The van der Waals surface area contributed by atoms with Crippen molar-refractivity contribution >= 4 is 23.4 Å². The Morgan fingerprint density at radius 1 is 1.40 bits per heavy atom. The zero-order chi connectivity index (χ0) is 14.1. The third-order valence-corrected chi connectivity index (χ3v) is 3.52. The number of carbonyl (C=O) groups is 1. The van der Waals surface area contributed by atoms with Crippen molar-refractivity contribution in [1.82, 2.24) is 5.16 Å². The summed E-state index contributed by atoms with van der Waals surface area (Å²) in [5.74, 6) is 2.93. The molecule has 4 nitrogen and oxygen atoms in total. The van der Waals surface area contributed by atoms with Crippen LogP contribution in [0, 0.1) is 18.3 Å². The molecule has 1 aliphatic heterocycles. The topological polar surface area (TPSA) is 46.3 Å². The fourth-order valence-corrected chi connectivity index (χ4v) is 2.31. The van der Waals surface area contributed by atoms with Crippen LogP contribution in [0.2, 0.25) is 5.02 Å². The van der Waals surface area contributed by atoms with E-state index >= 15 is 0 Å². The van der Waals surface area contributed by atoms with E-state index in [9.17, 15) is 4.79 Å². The van der Waals surface area contributed by atoms with E-state index < -0.39 is 0 Å². The molecule has 1 unspecified atom stereocenters. The normalized spacial score (nSPS) is 18.3. The lowest BCUT2D eigenvalue weighted by Crippen LogP contribution is -2.23. The summed E-state index contributed by atoms with van der Waals surface area (Å²) in [6.07, 6.45) is 5.71. The molecule has 3 rings (SSSR count). The quantitative estimate of drug-likeness (QED) is 0.797. The van der Waals surface area contributed by atoms with E-state index in [2.05, 4.69) is 11.1 Å². The van der Waals surface area contributed by atoms with Crippen LogP contribution in [0.25, 0.3) is 11.3 Å². The molecule has 20 heavy (non-hydrogen) atoms. The summed E-state index contributed by atoms with van der Waals surface area (Å²) < 4.78 is 5.25. The van der Waals surface area contributed by atoms with Gasteiger partial charge >= 0.3 is 0 Å². The number of halogens is 1. The van der Waals surface area contributed by atoms with Gasteiger partial charge in [-0.25, -0.2) is 0 Å². The van der Waals surface area contributed by atoms with Crippen molar-refractivity contribution in [3.63, 3.8) is 0 Å². The first-order valence-corrected chi connectivity index (χ1v) is 6.54. The first-order chi connectivity index (χ1) is 9.67. The number of anilines is 1. The Kier molecular flexibility index (Phi) is 3.21. The van der Waals surface area contributed by atoms with Crippen molar-refractivity contribution in [1.29, 1.82) is 0 Å². The van der Waals surface area contributed by atoms with Gasteiger partial charge in [-0.1, -0.05) is 28.9 Å². The number of rotatable bonds is 2. The van der Waals surface area contributed by atoms with Gasteiger partial charge in [0.2, 0.25) is 11.8 Å². The number of benzene rings is 1. The third kappa shape index (κ3) is 2.28. The van der Waals surface area contributed by atoms with Crippen molar-refractivity contribution in [2.75, 3.05) is 11.4 Å². The van der Waals surface area contributed by atoms with Crippen LogP contribution in [0.5, 0.6) is 0 Å². The van der Waals surface area contributed by atoms with Crippen molar-refractivity contribution in [2.45, 2.75) is 6.42 Å². The molecule has 0 radical (unpaired) electrons. The van der Waals surface area contributed by atoms with Gasteiger partial charge in [-0.05, 0) is 12.1 Å². The SMILES string of the molecule is C#CC1CC(=O)N(c2cc(-c3ccc(Cl)cc3)no2)C1. The first kappa shape index (κ1) is 12.8. The van der Waals surface area contributed by atoms with E-state index in [1.54, 1.807) is 18.2 Å². The molecule has 1 aromatic carbocycles. The van der Waals surface area contributed by atoms with E-state index in [-0.39, 0.29) is 11.8 Å². The molecule has 0 spiro atoms. The minimum atomic E-state index is -0.0634. The van der Waals surface area contributed by atoms with Gasteiger partial charge in [0.05, 0.1) is 0 Å². The first-order valence-electron chi connectivity index (χ1n) is 6.16. The Hall–Kier alpha value is -2.25. The van der Waals surface area contributed by atoms with Gasteiger partial charge in [-0.15, -0.1) is 12.3 Å². The fraction of sp³-hybridized carbons (Fsp3) is 0.200. The molecule has 1 aliphatic rings. The minimum Gasteiger partial charge on any atom is -0.338 e. The molecule has 5 heteroatoms. The molecule has 0 bridgehead atoms. The third-order valence-electron chi connectivity index (χ3n) is 3.26. The predicted molar refractivity (Wildman–Crippen MR) is 76.2 cm³/mol. The predicted octanol–water partition coefficient (Wildman–Crippen LogP) is 2.98. The number of hydrogen-bond donors (Lipinski definition) is 0. The summed E-state index contributed by atoms with van der Waals surface area (Å²) in [7, 11) is 0. The molecule has 0 saturated carbocycles. The highest BCUT2D eigenvalue weighted by molar-refractivity contribution is 6.30. The van der Waals surface area contributed by atoms with Crippen molar-refractivity contribution in [3.05, 3.63) is 35.4 Å². The maximum atomic E-state index is 11.9. The van der Waals surface area contributed by atoms with Crippen LogP contribution in [0.4, 0.5) is 5.88 Å². The Bertz CT molecular complexity index is 685. The molecule has 2 aromatic rings. The zero-order valence-corrected chi connectivity index (χ0v) is 11.3. The lowest BCUT2D eigenvalue weighted by molar-refractivity contribution is -0.117. The number of nitrogens with zero attached hydrogens (tertiary/aromatic N) is 2. The molecule has 1 atom stereocenters. The van der Waals surface area contributed by atoms with E-state index in [4.69, 9.17) is 22.5 Å². The molecular formula is C15H11ClN2O2. The Morgan fingerprint density at radius 2 is 2.15 bits per heavy atom. The molecule has 2 heterocycles. The second-order valence-corrected chi connectivity index (χ2v) is 5.07. The van der Waals surface area contributed by atoms with E-state index in [0.29, 0.717) is 29.6 Å². The minimum absolute atomic E-state index is 0.0354. The average molecular weight is 287 g/mol. The van der Waals surface area contributed by atoms with Gasteiger partial charge in [0, 0.05) is 35.5 Å². The number of carbonyl (C=O) groups excluding carboxylic acids is 1. The van der Waals surface area contributed by atoms with E-state index in [1.165, 1.54) is 4.90 Å². The summed E-state index contributed by atoms with van der Waals surface area (Å²) in [6.45, 7) is 0.477. The summed E-state index contributed by atoms with van der Waals surface area (Å²) in [5.41, 5.74) is 1.54. The van der Waals surface area contributed by atoms with Crippen LogP contribution in [0.1, 0.15) is 6.42 Å². The number of hydrogen-bond acceptors (Lipinski definition) is 3. The van der Waals surface area contributed by atoms with Gasteiger partial charge in [0.1, 0.15) is 5.69 Å². The van der Waals surface area contributed by atoms with Gasteiger partial charge < -0.3 is 4.52 Å². The molecule has 0 N–H and O–H groups in total. The lowest BCUT2D eigenvalue weighted by Gasteiger charge is -2.09. The Morgan fingerprint density at radius 3 is 2.80 bits per heavy atom. The second kappa shape index (κ2) is 5.03. The Labute approximate surface area is 121 Å². The number of terminal acetylenes is 1. The van der Waals surface area contributed by atoms with E-state index in [0.717, 1.165) is 5.56 Å². The summed E-state index contributed by atoms with van der Waals surface area (Å²) in [5, 5.41) is 4.64. The van der Waals surface area contributed by atoms with Crippen molar-refractivity contribution < 1.29 is 9.32 Å². The van der Waals surface area contributed by atoms with Gasteiger partial charge in [0.25, 0.3) is 0 Å². The molecule has 1 saturated heterocycles. The van der Waals surface area contributed by atoms with Crippen LogP contribution in [-0.2, 0) is 4.79 Å². The van der Waals surface area contributed by atoms with Crippen LogP contribution in [-0.4, -0.2) is 17.6 Å². The standard InChI is InChI=1S/C15H11ClN2O2/c1-2-10-7-14(19)18(9-10)15-8-13(17-20-15)11-3-5-12(16)6-4-11/h1,3-6,8,10H,7,9H2. The fourth-order valence-electron chi connectivity index (χ4n) is 2.18. The van der Waals surface area contributed by atoms with Crippen LogP contribution >= 0.6 is 11.6 Å². The second-order valence-electron chi connectivity index (χ2n) is 4.63. The van der Waals surface area contributed by atoms with Gasteiger partial charge in [-0.2, -0.15) is 0 Å². The zero-order valence-electron chi connectivity index (χ0n) is 10.5. The smallest absolute Gasteiger partial charge is 0.234 e. The molecule has 1 fully saturated rings.